The molecule has 0 atom stereocenters. The molecule has 0 saturated heterocycles. The average Bonchev–Trinajstić information content (AvgIpc) is 2.48. The summed E-state index contributed by atoms with van der Waals surface area (Å²) in [5.41, 5.74) is 2.06. The number of fused-ring (bicyclic) bond motifs is 1. The van der Waals surface area contributed by atoms with E-state index in [4.69, 9.17) is 9.47 Å². The van der Waals surface area contributed by atoms with Gasteiger partial charge in [0.2, 0.25) is 6.79 Å². The highest BCUT2D eigenvalue weighted by molar-refractivity contribution is 9.10. The molecule has 0 N–H and O–H groups in total. The Kier molecular flexibility index (Phi) is 2.04. The van der Waals surface area contributed by atoms with Crippen LogP contribution in [0.2, 0.25) is 0 Å². The van der Waals surface area contributed by atoms with E-state index in [0.717, 1.165) is 27.1 Å². The van der Waals surface area contributed by atoms with Gasteiger partial charge in [-0.3, -0.25) is 0 Å². The number of benzene rings is 1. The van der Waals surface area contributed by atoms with E-state index in [-0.39, 0.29) is 0 Å². The van der Waals surface area contributed by atoms with Gasteiger partial charge in [0.15, 0.2) is 11.5 Å². The summed E-state index contributed by atoms with van der Waals surface area (Å²) in [7, 11) is 0. The van der Waals surface area contributed by atoms with Crippen molar-refractivity contribution in [3.05, 3.63) is 28.7 Å². The van der Waals surface area contributed by atoms with Crippen LogP contribution in [0.5, 0.6) is 11.5 Å². The molecule has 0 radical (unpaired) electrons. The molecule has 0 bridgehead atoms. The molecule has 1 aliphatic rings. The van der Waals surface area contributed by atoms with Gasteiger partial charge in [0.1, 0.15) is 0 Å². The highest BCUT2D eigenvalue weighted by atomic mass is 79.9. The van der Waals surface area contributed by atoms with Gasteiger partial charge < -0.3 is 9.47 Å². The molecule has 2 nitrogen and oxygen atoms in total. The molecule has 2 rings (SSSR count). The maximum absolute atomic E-state index is 5.26. The van der Waals surface area contributed by atoms with Crippen LogP contribution in [0.1, 0.15) is 12.5 Å². The molecule has 68 valence electrons. The van der Waals surface area contributed by atoms with Crippen molar-refractivity contribution in [1.29, 1.82) is 0 Å². The van der Waals surface area contributed by atoms with E-state index < -0.39 is 0 Å². The van der Waals surface area contributed by atoms with Crippen molar-refractivity contribution in [3.8, 4) is 11.5 Å². The lowest BCUT2D eigenvalue weighted by molar-refractivity contribution is 0.174. The molecule has 13 heavy (non-hydrogen) atoms. The molecule has 3 heteroatoms. The highest BCUT2D eigenvalue weighted by Gasteiger charge is 2.16. The van der Waals surface area contributed by atoms with Crippen molar-refractivity contribution >= 4 is 21.5 Å². The number of ether oxygens (including phenoxy) is 2. The number of halogens is 1. The zero-order chi connectivity index (χ0) is 9.42. The lowest BCUT2D eigenvalue weighted by atomic mass is 10.1. The van der Waals surface area contributed by atoms with E-state index in [1.165, 1.54) is 0 Å². The minimum Gasteiger partial charge on any atom is -0.454 e. The SMILES string of the molecule is C=C(C)c1cc2c(cc1Br)OCO2. The van der Waals surface area contributed by atoms with Crippen LogP contribution in [0.4, 0.5) is 0 Å². The van der Waals surface area contributed by atoms with Crippen LogP contribution < -0.4 is 9.47 Å². The van der Waals surface area contributed by atoms with E-state index >= 15 is 0 Å². The van der Waals surface area contributed by atoms with Crippen molar-refractivity contribution in [3.63, 3.8) is 0 Å². The monoisotopic (exact) mass is 240 g/mol. The molecule has 1 aromatic carbocycles. The predicted molar refractivity (Wildman–Crippen MR) is 55.0 cm³/mol. The Balaban J connectivity index is 2.55. The Morgan fingerprint density at radius 3 is 2.62 bits per heavy atom. The summed E-state index contributed by atoms with van der Waals surface area (Å²) in [6, 6.07) is 3.85. The Labute approximate surface area is 85.3 Å². The topological polar surface area (TPSA) is 18.5 Å². The summed E-state index contributed by atoms with van der Waals surface area (Å²) in [6.07, 6.45) is 0. The second-order valence-corrected chi connectivity index (χ2v) is 3.82. The minimum absolute atomic E-state index is 0.307. The van der Waals surface area contributed by atoms with Crippen LogP contribution in [0.3, 0.4) is 0 Å². The van der Waals surface area contributed by atoms with E-state index in [1.807, 2.05) is 19.1 Å². The Hall–Kier alpha value is -0.960. The summed E-state index contributed by atoms with van der Waals surface area (Å²) in [5.74, 6) is 1.58. The smallest absolute Gasteiger partial charge is 0.231 e. The summed E-state index contributed by atoms with van der Waals surface area (Å²) in [4.78, 5) is 0. The van der Waals surface area contributed by atoms with Crippen molar-refractivity contribution in [2.75, 3.05) is 6.79 Å². The molecule has 0 spiro atoms. The van der Waals surface area contributed by atoms with Gasteiger partial charge >= 0.3 is 0 Å². The molecular formula is C10H9BrO2. The largest absolute Gasteiger partial charge is 0.454 e. The fourth-order valence-corrected chi connectivity index (χ4v) is 1.91. The van der Waals surface area contributed by atoms with Crippen molar-refractivity contribution in [2.24, 2.45) is 0 Å². The summed E-state index contributed by atoms with van der Waals surface area (Å²) >= 11 is 3.45. The molecule has 0 amide bonds. The van der Waals surface area contributed by atoms with E-state index in [9.17, 15) is 0 Å². The van der Waals surface area contributed by atoms with Crippen molar-refractivity contribution in [2.45, 2.75) is 6.92 Å². The average molecular weight is 241 g/mol. The maximum Gasteiger partial charge on any atom is 0.231 e. The normalized spacial score (nSPS) is 13.1. The molecule has 0 saturated carbocycles. The first-order valence-corrected chi connectivity index (χ1v) is 4.73. The summed E-state index contributed by atoms with van der Waals surface area (Å²) in [6.45, 7) is 6.15. The van der Waals surface area contributed by atoms with E-state index in [2.05, 4.69) is 22.5 Å². The third-order valence-corrected chi connectivity index (χ3v) is 2.58. The minimum atomic E-state index is 0.307. The van der Waals surface area contributed by atoms with Crippen LogP contribution in [0, 0.1) is 0 Å². The fraction of sp³-hybridized carbons (Fsp3) is 0.200. The molecule has 1 aliphatic heterocycles. The Morgan fingerprint density at radius 2 is 2.00 bits per heavy atom. The number of rotatable bonds is 1. The van der Waals surface area contributed by atoms with Gasteiger partial charge in [-0.1, -0.05) is 22.5 Å². The Morgan fingerprint density at radius 1 is 1.38 bits per heavy atom. The Bertz CT molecular complexity index is 371. The third-order valence-electron chi connectivity index (χ3n) is 1.92. The van der Waals surface area contributed by atoms with Crippen LogP contribution in [-0.4, -0.2) is 6.79 Å². The van der Waals surface area contributed by atoms with Gasteiger partial charge in [-0.25, -0.2) is 0 Å². The van der Waals surface area contributed by atoms with Gasteiger partial charge in [0.05, 0.1) is 0 Å². The molecule has 1 heterocycles. The first-order chi connectivity index (χ1) is 6.18. The van der Waals surface area contributed by atoms with E-state index in [1.54, 1.807) is 0 Å². The maximum atomic E-state index is 5.26. The predicted octanol–water partition coefficient (Wildman–Crippen LogP) is 3.21. The first-order valence-electron chi connectivity index (χ1n) is 3.93. The van der Waals surface area contributed by atoms with Crippen molar-refractivity contribution < 1.29 is 9.47 Å². The van der Waals surface area contributed by atoms with Crippen LogP contribution in [-0.2, 0) is 0 Å². The van der Waals surface area contributed by atoms with E-state index in [0.29, 0.717) is 6.79 Å². The first kappa shape index (κ1) is 8.63. The van der Waals surface area contributed by atoms with Crippen molar-refractivity contribution in [1.82, 2.24) is 0 Å². The zero-order valence-corrected chi connectivity index (χ0v) is 8.85. The van der Waals surface area contributed by atoms with Gasteiger partial charge in [-0.05, 0) is 30.2 Å². The fourth-order valence-electron chi connectivity index (χ4n) is 1.24. The molecule has 0 fully saturated rings. The molecule has 1 aromatic rings. The number of hydrogen-bond donors (Lipinski definition) is 0. The second kappa shape index (κ2) is 3.07. The molecule has 0 unspecified atom stereocenters. The number of hydrogen-bond acceptors (Lipinski definition) is 2. The van der Waals surface area contributed by atoms with Crippen LogP contribution in [0.25, 0.3) is 5.57 Å². The van der Waals surface area contributed by atoms with Gasteiger partial charge in [-0.2, -0.15) is 0 Å². The lowest BCUT2D eigenvalue weighted by Gasteiger charge is -2.04. The summed E-state index contributed by atoms with van der Waals surface area (Å²) in [5, 5.41) is 0. The zero-order valence-electron chi connectivity index (χ0n) is 7.26. The molecule has 0 aliphatic carbocycles. The lowest BCUT2D eigenvalue weighted by Crippen LogP contribution is -1.92. The standard InChI is InChI=1S/C10H9BrO2/c1-6(2)7-3-9-10(4-8(7)11)13-5-12-9/h3-4H,1,5H2,2H3. The van der Waals surface area contributed by atoms with Gasteiger partial charge in [0, 0.05) is 4.47 Å². The summed E-state index contributed by atoms with van der Waals surface area (Å²) < 4.78 is 11.5. The van der Waals surface area contributed by atoms with Crippen LogP contribution >= 0.6 is 15.9 Å². The molecular weight excluding hydrogens is 232 g/mol. The number of allylic oxidation sites excluding steroid dienone is 1. The second-order valence-electron chi connectivity index (χ2n) is 2.97. The third kappa shape index (κ3) is 1.44. The van der Waals surface area contributed by atoms with Crippen LogP contribution in [0.15, 0.2) is 23.2 Å². The quantitative estimate of drug-likeness (QED) is 0.751. The molecule has 0 aromatic heterocycles. The highest BCUT2D eigenvalue weighted by Crippen LogP contribution is 2.38. The van der Waals surface area contributed by atoms with Gasteiger partial charge in [-0.15, -0.1) is 0 Å². The van der Waals surface area contributed by atoms with Gasteiger partial charge in [0.25, 0.3) is 0 Å².